The maximum absolute atomic E-state index is 11.6. The Balaban J connectivity index is 1.74. The molecule has 0 radical (unpaired) electrons. The summed E-state index contributed by atoms with van der Waals surface area (Å²) >= 11 is 0. The normalized spacial score (nSPS) is 18.4. The Bertz CT molecular complexity index is 653. The fourth-order valence-corrected chi connectivity index (χ4v) is 2.84. The quantitative estimate of drug-likeness (QED) is 0.886. The molecular weight excluding hydrogens is 268 g/mol. The first kappa shape index (κ1) is 13.8. The van der Waals surface area contributed by atoms with Crippen molar-refractivity contribution in [2.45, 2.75) is 25.8 Å². The molecule has 0 aromatic carbocycles. The Morgan fingerprint density at radius 1 is 1.52 bits per heavy atom. The second-order valence-corrected chi connectivity index (χ2v) is 5.31. The van der Waals surface area contributed by atoms with Gasteiger partial charge in [-0.05, 0) is 19.1 Å². The minimum Gasteiger partial charge on any atom is -0.480 e. The third kappa shape index (κ3) is 2.80. The van der Waals surface area contributed by atoms with E-state index < -0.39 is 12.0 Å². The number of aromatic nitrogens is 3. The van der Waals surface area contributed by atoms with Crippen molar-refractivity contribution in [2.24, 2.45) is 0 Å². The highest BCUT2D eigenvalue weighted by Gasteiger charge is 2.34. The second-order valence-electron chi connectivity index (χ2n) is 5.31. The van der Waals surface area contributed by atoms with E-state index in [-0.39, 0.29) is 0 Å². The van der Waals surface area contributed by atoms with Gasteiger partial charge in [0.1, 0.15) is 0 Å². The van der Waals surface area contributed by atoms with E-state index in [2.05, 4.69) is 15.0 Å². The van der Waals surface area contributed by atoms with E-state index in [1.165, 1.54) is 0 Å². The number of pyridine rings is 1. The maximum Gasteiger partial charge on any atom is 0.327 e. The van der Waals surface area contributed by atoms with Crippen molar-refractivity contribution < 1.29 is 9.90 Å². The molecule has 0 bridgehead atoms. The zero-order valence-corrected chi connectivity index (χ0v) is 11.9. The number of imidazole rings is 1. The highest BCUT2D eigenvalue weighted by Crippen LogP contribution is 2.27. The van der Waals surface area contributed by atoms with Crippen LogP contribution in [0.2, 0.25) is 0 Å². The molecule has 21 heavy (non-hydrogen) atoms. The summed E-state index contributed by atoms with van der Waals surface area (Å²) in [6.07, 6.45) is 3.12. The van der Waals surface area contributed by atoms with Crippen LogP contribution in [0.25, 0.3) is 0 Å². The Kier molecular flexibility index (Phi) is 3.70. The predicted octanol–water partition coefficient (Wildman–Crippen LogP) is 1.34. The van der Waals surface area contributed by atoms with Crippen LogP contribution < -0.4 is 0 Å². The molecule has 2 aromatic heterocycles. The van der Waals surface area contributed by atoms with Crippen molar-refractivity contribution in [3.05, 3.63) is 47.3 Å². The lowest BCUT2D eigenvalue weighted by atomic mass is 10.0. The molecule has 0 unspecified atom stereocenters. The molecule has 6 nitrogen and oxygen atoms in total. The van der Waals surface area contributed by atoms with Crippen molar-refractivity contribution in [3.63, 3.8) is 0 Å². The number of hydrogen-bond acceptors (Lipinski definition) is 4. The Hall–Kier alpha value is -2.21. The molecule has 6 heteroatoms. The summed E-state index contributed by atoms with van der Waals surface area (Å²) < 4.78 is 0. The van der Waals surface area contributed by atoms with Crippen LogP contribution in [-0.4, -0.2) is 44.0 Å². The van der Waals surface area contributed by atoms with Crippen molar-refractivity contribution in [1.82, 2.24) is 19.9 Å². The number of aromatic amines is 1. The highest BCUT2D eigenvalue weighted by atomic mass is 16.4. The van der Waals surface area contributed by atoms with Crippen molar-refractivity contribution in [3.8, 4) is 0 Å². The van der Waals surface area contributed by atoms with Crippen LogP contribution in [0.5, 0.6) is 0 Å². The molecule has 2 aromatic rings. The van der Waals surface area contributed by atoms with Gasteiger partial charge < -0.3 is 10.1 Å². The lowest BCUT2D eigenvalue weighted by Gasteiger charge is -2.31. The van der Waals surface area contributed by atoms with Gasteiger partial charge >= 0.3 is 5.97 Å². The average molecular weight is 286 g/mol. The van der Waals surface area contributed by atoms with Gasteiger partial charge in [-0.25, -0.2) is 4.98 Å². The molecule has 0 aliphatic carbocycles. The number of carboxylic acid groups (broad SMARTS) is 1. The number of carbonyl (C=O) groups is 1. The number of fused-ring (bicyclic) bond motifs is 1. The summed E-state index contributed by atoms with van der Waals surface area (Å²) in [5.74, 6) is -0.847. The maximum atomic E-state index is 11.6. The molecule has 0 fully saturated rings. The van der Waals surface area contributed by atoms with Gasteiger partial charge in [0.15, 0.2) is 6.04 Å². The van der Waals surface area contributed by atoms with Gasteiger partial charge in [-0.1, -0.05) is 6.07 Å². The van der Waals surface area contributed by atoms with E-state index in [0.29, 0.717) is 12.2 Å². The molecule has 3 rings (SSSR count). The number of rotatable bonds is 4. The van der Waals surface area contributed by atoms with Gasteiger partial charge in [0.05, 0.1) is 12.0 Å². The van der Waals surface area contributed by atoms with Gasteiger partial charge in [-0.3, -0.25) is 14.7 Å². The number of hydrogen-bond donors (Lipinski definition) is 2. The van der Waals surface area contributed by atoms with Crippen molar-refractivity contribution in [2.75, 3.05) is 13.1 Å². The first-order valence-corrected chi connectivity index (χ1v) is 7.06. The van der Waals surface area contributed by atoms with Gasteiger partial charge in [0.25, 0.3) is 0 Å². The topological polar surface area (TPSA) is 82.1 Å². The minimum absolute atomic E-state index is 0.644. The van der Waals surface area contributed by atoms with Crippen LogP contribution in [0.3, 0.4) is 0 Å². The molecule has 3 heterocycles. The molecule has 1 atom stereocenters. The molecular formula is C15H18N4O2. The van der Waals surface area contributed by atoms with E-state index in [1.54, 1.807) is 6.33 Å². The van der Waals surface area contributed by atoms with Gasteiger partial charge in [-0.2, -0.15) is 0 Å². The molecule has 0 saturated carbocycles. The second kappa shape index (κ2) is 5.65. The van der Waals surface area contributed by atoms with Gasteiger partial charge in [0.2, 0.25) is 0 Å². The average Bonchev–Trinajstić information content (AvgIpc) is 2.92. The number of aliphatic carboxylic acids is 1. The summed E-state index contributed by atoms with van der Waals surface area (Å²) in [7, 11) is 0. The van der Waals surface area contributed by atoms with E-state index in [9.17, 15) is 9.90 Å². The summed E-state index contributed by atoms with van der Waals surface area (Å²) in [6.45, 7) is 3.35. The van der Waals surface area contributed by atoms with Crippen LogP contribution in [-0.2, 0) is 17.6 Å². The number of aryl methyl sites for hydroxylation is 1. The molecule has 1 aliphatic heterocycles. The lowest BCUT2D eigenvalue weighted by molar-refractivity contribution is -0.144. The van der Waals surface area contributed by atoms with Gasteiger partial charge in [0, 0.05) is 43.0 Å². The summed E-state index contributed by atoms with van der Waals surface area (Å²) in [5, 5.41) is 9.50. The van der Waals surface area contributed by atoms with Crippen LogP contribution in [0.15, 0.2) is 24.5 Å². The van der Waals surface area contributed by atoms with Crippen molar-refractivity contribution >= 4 is 5.97 Å². The molecule has 0 amide bonds. The van der Waals surface area contributed by atoms with Crippen LogP contribution in [0.1, 0.15) is 28.8 Å². The SMILES string of the molecule is Cc1cccc(CCN2CCc3[nH]cnc3[C@H]2C(=O)O)n1. The largest absolute Gasteiger partial charge is 0.480 e. The number of nitrogens with zero attached hydrogens (tertiary/aromatic N) is 3. The van der Waals surface area contributed by atoms with Crippen LogP contribution in [0, 0.1) is 6.92 Å². The zero-order valence-electron chi connectivity index (χ0n) is 11.9. The molecule has 0 saturated heterocycles. The molecule has 1 aliphatic rings. The van der Waals surface area contributed by atoms with Gasteiger partial charge in [-0.15, -0.1) is 0 Å². The third-order valence-electron chi connectivity index (χ3n) is 3.86. The first-order chi connectivity index (χ1) is 10.1. The Morgan fingerprint density at radius 2 is 2.38 bits per heavy atom. The number of nitrogens with one attached hydrogen (secondary N) is 1. The summed E-state index contributed by atoms with van der Waals surface area (Å²) in [6, 6.07) is 5.26. The van der Waals surface area contributed by atoms with E-state index >= 15 is 0 Å². The monoisotopic (exact) mass is 286 g/mol. The van der Waals surface area contributed by atoms with Crippen LogP contribution in [0.4, 0.5) is 0 Å². The van der Waals surface area contributed by atoms with Crippen LogP contribution >= 0.6 is 0 Å². The van der Waals surface area contributed by atoms with Crippen molar-refractivity contribution in [1.29, 1.82) is 0 Å². The third-order valence-corrected chi connectivity index (χ3v) is 3.86. The Labute approximate surface area is 122 Å². The smallest absolute Gasteiger partial charge is 0.327 e. The molecule has 110 valence electrons. The molecule has 0 spiro atoms. The predicted molar refractivity (Wildman–Crippen MR) is 76.9 cm³/mol. The van der Waals surface area contributed by atoms with E-state index in [0.717, 1.165) is 36.5 Å². The highest BCUT2D eigenvalue weighted by molar-refractivity contribution is 5.75. The van der Waals surface area contributed by atoms with E-state index in [4.69, 9.17) is 0 Å². The first-order valence-electron chi connectivity index (χ1n) is 7.06. The number of H-pyrrole nitrogens is 1. The zero-order chi connectivity index (χ0) is 14.8. The minimum atomic E-state index is -0.847. The standard InChI is InChI=1S/C15H18N4O2/c1-10-3-2-4-11(18-10)5-7-19-8-6-12-13(17-9-16-12)14(19)15(20)21/h2-4,9,14H,5-8H2,1H3,(H,16,17)(H,20,21)/t14-/m0/s1. The lowest BCUT2D eigenvalue weighted by Crippen LogP contribution is -2.41. The van der Waals surface area contributed by atoms with E-state index in [1.807, 2.05) is 30.0 Å². The molecule has 2 N–H and O–H groups in total. The summed E-state index contributed by atoms with van der Waals surface area (Å²) in [4.78, 5) is 25.2. The number of carboxylic acids is 1. The summed E-state index contributed by atoms with van der Waals surface area (Å²) in [5.41, 5.74) is 3.56. The Morgan fingerprint density at radius 3 is 3.14 bits per heavy atom. The fraction of sp³-hybridized carbons (Fsp3) is 0.400. The fourth-order valence-electron chi connectivity index (χ4n) is 2.84.